The van der Waals surface area contributed by atoms with Gasteiger partial charge >= 0.3 is 0 Å². The van der Waals surface area contributed by atoms with Crippen LogP contribution in [0.3, 0.4) is 0 Å². The van der Waals surface area contributed by atoms with Gasteiger partial charge in [-0.05, 0) is 44.9 Å². The summed E-state index contributed by atoms with van der Waals surface area (Å²) >= 11 is 0. The Morgan fingerprint density at radius 1 is 1.17 bits per heavy atom. The number of unbranched alkanes of at least 4 members (excludes halogenated alkanes) is 1. The zero-order valence-corrected chi connectivity index (χ0v) is 14.5. The summed E-state index contributed by atoms with van der Waals surface area (Å²) in [5, 5.41) is 6.91. The monoisotopic (exact) mass is 367 g/mol. The Morgan fingerprint density at radius 2 is 1.83 bits per heavy atom. The van der Waals surface area contributed by atoms with E-state index in [9.17, 15) is 0 Å². The maximum atomic E-state index is 4.61. The molecule has 0 aromatic rings. The van der Waals surface area contributed by atoms with Crippen LogP contribution in [0.2, 0.25) is 0 Å². The van der Waals surface area contributed by atoms with Crippen molar-refractivity contribution in [3.8, 4) is 0 Å². The molecule has 1 rings (SSSR count). The van der Waals surface area contributed by atoms with Gasteiger partial charge in [-0.2, -0.15) is 0 Å². The van der Waals surface area contributed by atoms with Crippen LogP contribution in [0.5, 0.6) is 0 Å². The van der Waals surface area contributed by atoms with E-state index in [1.54, 1.807) is 0 Å². The van der Waals surface area contributed by atoms with Gasteiger partial charge in [0.2, 0.25) is 0 Å². The summed E-state index contributed by atoms with van der Waals surface area (Å²) in [5.74, 6) is 1.92. The summed E-state index contributed by atoms with van der Waals surface area (Å²) in [5.41, 5.74) is 0. The molecule has 0 radical (unpaired) electrons. The molecule has 1 fully saturated rings. The fourth-order valence-corrected chi connectivity index (χ4v) is 2.27. The Morgan fingerprint density at radius 3 is 2.39 bits per heavy atom. The molecular formula is C14H30IN3. The van der Waals surface area contributed by atoms with Gasteiger partial charge in [-0.3, -0.25) is 4.99 Å². The SMILES string of the molecule is CCCCN=C(NCC)NC1CCC(C)CC1.I. The Bertz CT molecular complexity index is 223. The summed E-state index contributed by atoms with van der Waals surface area (Å²) in [6.45, 7) is 8.57. The predicted molar refractivity (Wildman–Crippen MR) is 90.9 cm³/mol. The van der Waals surface area contributed by atoms with Crippen molar-refractivity contribution >= 4 is 29.9 Å². The van der Waals surface area contributed by atoms with Crippen LogP contribution in [0.15, 0.2) is 4.99 Å². The molecule has 0 atom stereocenters. The number of hydrogen-bond donors (Lipinski definition) is 2. The number of nitrogens with zero attached hydrogens (tertiary/aromatic N) is 1. The number of guanidine groups is 1. The first-order valence-corrected chi connectivity index (χ1v) is 7.31. The second-order valence-corrected chi connectivity index (χ2v) is 5.22. The third kappa shape index (κ3) is 7.44. The summed E-state index contributed by atoms with van der Waals surface area (Å²) in [6, 6.07) is 0.630. The summed E-state index contributed by atoms with van der Waals surface area (Å²) in [4.78, 5) is 4.61. The Hall–Kier alpha value is 0. The van der Waals surface area contributed by atoms with Crippen molar-refractivity contribution in [1.82, 2.24) is 10.6 Å². The van der Waals surface area contributed by atoms with Crippen LogP contribution in [-0.2, 0) is 0 Å². The largest absolute Gasteiger partial charge is 0.357 e. The van der Waals surface area contributed by atoms with E-state index in [1.807, 2.05) is 0 Å². The first kappa shape index (κ1) is 18.0. The predicted octanol–water partition coefficient (Wildman–Crippen LogP) is 3.54. The van der Waals surface area contributed by atoms with Crippen molar-refractivity contribution in [1.29, 1.82) is 0 Å². The quantitative estimate of drug-likeness (QED) is 0.338. The van der Waals surface area contributed by atoms with Crippen molar-refractivity contribution in [2.75, 3.05) is 13.1 Å². The van der Waals surface area contributed by atoms with E-state index in [-0.39, 0.29) is 24.0 Å². The minimum Gasteiger partial charge on any atom is -0.357 e. The van der Waals surface area contributed by atoms with Crippen LogP contribution >= 0.6 is 24.0 Å². The molecule has 2 N–H and O–H groups in total. The fourth-order valence-electron chi connectivity index (χ4n) is 2.27. The van der Waals surface area contributed by atoms with Gasteiger partial charge in [-0.25, -0.2) is 0 Å². The standard InChI is InChI=1S/C14H29N3.HI/c1-4-6-11-16-14(15-5-2)17-13-9-7-12(3)8-10-13;/h12-13H,4-11H2,1-3H3,(H2,15,16,17);1H. The number of aliphatic imine (C=N–C) groups is 1. The Labute approximate surface area is 130 Å². The van der Waals surface area contributed by atoms with Crippen molar-refractivity contribution < 1.29 is 0 Å². The highest BCUT2D eigenvalue weighted by Crippen LogP contribution is 2.23. The van der Waals surface area contributed by atoms with E-state index in [0.29, 0.717) is 6.04 Å². The van der Waals surface area contributed by atoms with Gasteiger partial charge in [-0.15, -0.1) is 24.0 Å². The molecule has 0 spiro atoms. The highest BCUT2D eigenvalue weighted by Gasteiger charge is 2.18. The molecule has 1 aliphatic rings. The van der Waals surface area contributed by atoms with E-state index >= 15 is 0 Å². The molecule has 3 nitrogen and oxygen atoms in total. The number of nitrogens with one attached hydrogen (secondary N) is 2. The number of halogens is 1. The van der Waals surface area contributed by atoms with Crippen molar-refractivity contribution in [3.63, 3.8) is 0 Å². The lowest BCUT2D eigenvalue weighted by atomic mass is 9.87. The van der Waals surface area contributed by atoms with Crippen molar-refractivity contribution in [2.45, 2.75) is 65.3 Å². The highest BCUT2D eigenvalue weighted by molar-refractivity contribution is 14.0. The van der Waals surface area contributed by atoms with Gasteiger partial charge in [0.05, 0.1) is 0 Å². The number of rotatable bonds is 5. The van der Waals surface area contributed by atoms with E-state index in [4.69, 9.17) is 0 Å². The van der Waals surface area contributed by atoms with Crippen molar-refractivity contribution in [2.24, 2.45) is 10.9 Å². The van der Waals surface area contributed by atoms with Crippen LogP contribution in [0, 0.1) is 5.92 Å². The molecule has 4 heteroatoms. The molecule has 0 aromatic carbocycles. The van der Waals surface area contributed by atoms with E-state index in [0.717, 1.165) is 25.0 Å². The Kier molecular flexibility index (Phi) is 10.9. The molecule has 1 saturated carbocycles. The van der Waals surface area contributed by atoms with E-state index in [1.165, 1.54) is 38.5 Å². The van der Waals surface area contributed by atoms with Crippen LogP contribution in [0.1, 0.15) is 59.3 Å². The molecule has 0 unspecified atom stereocenters. The number of hydrogen-bond acceptors (Lipinski definition) is 1. The second kappa shape index (κ2) is 10.9. The van der Waals surface area contributed by atoms with Crippen LogP contribution in [0.4, 0.5) is 0 Å². The molecule has 0 heterocycles. The van der Waals surface area contributed by atoms with E-state index < -0.39 is 0 Å². The van der Waals surface area contributed by atoms with Crippen LogP contribution in [0.25, 0.3) is 0 Å². The zero-order valence-electron chi connectivity index (χ0n) is 12.2. The molecule has 0 bridgehead atoms. The average molecular weight is 367 g/mol. The van der Waals surface area contributed by atoms with Gasteiger partial charge in [0.15, 0.2) is 5.96 Å². The molecule has 18 heavy (non-hydrogen) atoms. The molecule has 0 saturated heterocycles. The zero-order chi connectivity index (χ0) is 12.5. The fraction of sp³-hybridized carbons (Fsp3) is 0.929. The lowest BCUT2D eigenvalue weighted by molar-refractivity contribution is 0.329. The van der Waals surface area contributed by atoms with Crippen molar-refractivity contribution in [3.05, 3.63) is 0 Å². The topological polar surface area (TPSA) is 36.4 Å². The highest BCUT2D eigenvalue weighted by atomic mass is 127. The lowest BCUT2D eigenvalue weighted by Crippen LogP contribution is -2.44. The average Bonchev–Trinajstić information content (AvgIpc) is 2.32. The molecular weight excluding hydrogens is 337 g/mol. The summed E-state index contributed by atoms with van der Waals surface area (Å²) in [7, 11) is 0. The smallest absolute Gasteiger partial charge is 0.191 e. The summed E-state index contributed by atoms with van der Waals surface area (Å²) in [6.07, 6.45) is 7.68. The first-order chi connectivity index (χ1) is 8.26. The molecule has 1 aliphatic carbocycles. The van der Waals surface area contributed by atoms with Gasteiger partial charge < -0.3 is 10.6 Å². The third-order valence-corrected chi connectivity index (χ3v) is 3.48. The normalized spacial score (nSPS) is 24.3. The van der Waals surface area contributed by atoms with Gasteiger partial charge in [-0.1, -0.05) is 20.3 Å². The minimum absolute atomic E-state index is 0. The molecule has 0 amide bonds. The Balaban J connectivity index is 0.00000289. The third-order valence-electron chi connectivity index (χ3n) is 3.48. The lowest BCUT2D eigenvalue weighted by Gasteiger charge is -2.28. The van der Waals surface area contributed by atoms with Gasteiger partial charge in [0.25, 0.3) is 0 Å². The molecule has 108 valence electrons. The molecule has 0 aromatic heterocycles. The molecule has 0 aliphatic heterocycles. The minimum atomic E-state index is 0. The first-order valence-electron chi connectivity index (χ1n) is 7.31. The maximum Gasteiger partial charge on any atom is 0.191 e. The van der Waals surface area contributed by atoms with Crippen LogP contribution in [-0.4, -0.2) is 25.1 Å². The van der Waals surface area contributed by atoms with Crippen LogP contribution < -0.4 is 10.6 Å². The van der Waals surface area contributed by atoms with Gasteiger partial charge in [0, 0.05) is 19.1 Å². The van der Waals surface area contributed by atoms with Gasteiger partial charge in [0.1, 0.15) is 0 Å². The van der Waals surface area contributed by atoms with E-state index in [2.05, 4.69) is 36.4 Å². The summed E-state index contributed by atoms with van der Waals surface area (Å²) < 4.78 is 0. The second-order valence-electron chi connectivity index (χ2n) is 5.22. The maximum absolute atomic E-state index is 4.61.